The Morgan fingerprint density at radius 1 is 1.00 bits per heavy atom. The first-order chi connectivity index (χ1) is 9.07. The highest BCUT2D eigenvalue weighted by Crippen LogP contribution is 2.32. The Balaban J connectivity index is 2.05. The normalized spacial score (nSPS) is 14.1. The summed E-state index contributed by atoms with van der Waals surface area (Å²) in [7, 11) is -3.48. The standard InChI is InChI=1S/C15H11FO2S/c16-13-7-6-11-9-15(10-12(11)8-13)19(17,18)14-4-2-1-3-5-14/h1-8,10H,9H2. The molecular formula is C15H11FO2S. The minimum Gasteiger partial charge on any atom is -0.219 e. The third-order valence-corrected chi connectivity index (χ3v) is 5.03. The number of benzene rings is 2. The molecule has 0 radical (unpaired) electrons. The average molecular weight is 274 g/mol. The van der Waals surface area contributed by atoms with Gasteiger partial charge in [0.2, 0.25) is 9.84 Å². The van der Waals surface area contributed by atoms with E-state index in [4.69, 9.17) is 0 Å². The lowest BCUT2D eigenvalue weighted by molar-refractivity contribution is 0.601. The molecule has 0 N–H and O–H groups in total. The molecule has 3 rings (SSSR count). The molecule has 4 heteroatoms. The summed E-state index contributed by atoms with van der Waals surface area (Å²) in [6.07, 6.45) is 1.88. The lowest BCUT2D eigenvalue weighted by Gasteiger charge is -2.04. The number of hydrogen-bond donors (Lipinski definition) is 0. The van der Waals surface area contributed by atoms with Gasteiger partial charge in [-0.2, -0.15) is 0 Å². The summed E-state index contributed by atoms with van der Waals surface area (Å²) in [6.45, 7) is 0. The monoisotopic (exact) mass is 274 g/mol. The highest BCUT2D eigenvalue weighted by atomic mass is 32.2. The molecule has 0 saturated carbocycles. The largest absolute Gasteiger partial charge is 0.219 e. The van der Waals surface area contributed by atoms with Gasteiger partial charge >= 0.3 is 0 Å². The van der Waals surface area contributed by atoms with Gasteiger partial charge in [-0.25, -0.2) is 12.8 Å². The van der Waals surface area contributed by atoms with Gasteiger partial charge in [0.1, 0.15) is 5.82 Å². The van der Waals surface area contributed by atoms with Crippen molar-refractivity contribution in [3.63, 3.8) is 0 Å². The molecule has 2 aromatic rings. The maximum atomic E-state index is 13.1. The molecule has 0 bridgehead atoms. The molecule has 0 spiro atoms. The quantitative estimate of drug-likeness (QED) is 0.842. The number of fused-ring (bicyclic) bond motifs is 1. The van der Waals surface area contributed by atoms with Gasteiger partial charge in [0, 0.05) is 6.42 Å². The van der Waals surface area contributed by atoms with Crippen LogP contribution in [0.1, 0.15) is 11.1 Å². The van der Waals surface area contributed by atoms with E-state index in [-0.39, 0.29) is 10.7 Å². The van der Waals surface area contributed by atoms with Crippen LogP contribution in [0.3, 0.4) is 0 Å². The van der Waals surface area contributed by atoms with Crippen LogP contribution >= 0.6 is 0 Å². The zero-order chi connectivity index (χ0) is 13.5. The maximum Gasteiger partial charge on any atom is 0.203 e. The Morgan fingerprint density at radius 2 is 1.74 bits per heavy atom. The smallest absolute Gasteiger partial charge is 0.203 e. The van der Waals surface area contributed by atoms with Gasteiger partial charge in [-0.05, 0) is 41.5 Å². The van der Waals surface area contributed by atoms with Crippen molar-refractivity contribution in [1.82, 2.24) is 0 Å². The fourth-order valence-electron chi connectivity index (χ4n) is 2.20. The van der Waals surface area contributed by atoms with Gasteiger partial charge in [0.15, 0.2) is 0 Å². The maximum absolute atomic E-state index is 13.1. The van der Waals surface area contributed by atoms with Gasteiger partial charge in [-0.15, -0.1) is 0 Å². The van der Waals surface area contributed by atoms with Gasteiger partial charge in [-0.1, -0.05) is 24.3 Å². The molecule has 0 aliphatic heterocycles. The second-order valence-corrected chi connectivity index (χ2v) is 6.45. The average Bonchev–Trinajstić information content (AvgIpc) is 2.83. The Kier molecular flexibility index (Phi) is 2.75. The molecule has 0 saturated heterocycles. The molecule has 19 heavy (non-hydrogen) atoms. The van der Waals surface area contributed by atoms with Gasteiger partial charge in [0.25, 0.3) is 0 Å². The predicted octanol–water partition coefficient (Wildman–Crippen LogP) is 3.20. The third-order valence-electron chi connectivity index (χ3n) is 3.19. The molecule has 0 amide bonds. The van der Waals surface area contributed by atoms with Gasteiger partial charge < -0.3 is 0 Å². The number of allylic oxidation sites excluding steroid dienone is 1. The summed E-state index contributed by atoms with van der Waals surface area (Å²) in [5, 5.41) is 0. The second kappa shape index (κ2) is 4.31. The fraction of sp³-hybridized carbons (Fsp3) is 0.0667. The molecule has 0 unspecified atom stereocenters. The summed E-state index contributed by atoms with van der Waals surface area (Å²) < 4.78 is 38.0. The highest BCUT2D eigenvalue weighted by Gasteiger charge is 2.25. The first-order valence-electron chi connectivity index (χ1n) is 5.86. The number of rotatable bonds is 2. The van der Waals surface area contributed by atoms with E-state index in [9.17, 15) is 12.8 Å². The van der Waals surface area contributed by atoms with Crippen LogP contribution in [0.5, 0.6) is 0 Å². The van der Waals surface area contributed by atoms with Crippen molar-refractivity contribution < 1.29 is 12.8 Å². The minimum absolute atomic E-state index is 0.273. The van der Waals surface area contributed by atoms with Crippen LogP contribution in [-0.2, 0) is 16.3 Å². The van der Waals surface area contributed by atoms with Crippen LogP contribution in [0.4, 0.5) is 4.39 Å². The molecule has 2 aromatic carbocycles. The van der Waals surface area contributed by atoms with Gasteiger partial charge in [-0.3, -0.25) is 0 Å². The second-order valence-electron chi connectivity index (χ2n) is 4.45. The number of sulfone groups is 1. The lowest BCUT2D eigenvalue weighted by Crippen LogP contribution is -2.04. The number of hydrogen-bond acceptors (Lipinski definition) is 2. The lowest BCUT2D eigenvalue weighted by atomic mass is 10.1. The summed E-state index contributed by atoms with van der Waals surface area (Å²) in [5.41, 5.74) is 1.49. The van der Waals surface area contributed by atoms with Crippen LogP contribution < -0.4 is 0 Å². The van der Waals surface area contributed by atoms with Crippen molar-refractivity contribution in [1.29, 1.82) is 0 Å². The first-order valence-corrected chi connectivity index (χ1v) is 7.35. The van der Waals surface area contributed by atoms with E-state index in [0.29, 0.717) is 16.9 Å². The van der Waals surface area contributed by atoms with Crippen LogP contribution in [-0.4, -0.2) is 8.42 Å². The molecule has 1 aliphatic carbocycles. The molecule has 2 nitrogen and oxygen atoms in total. The van der Waals surface area contributed by atoms with E-state index in [0.717, 1.165) is 5.56 Å². The first kappa shape index (κ1) is 12.1. The highest BCUT2D eigenvalue weighted by molar-refractivity contribution is 7.95. The van der Waals surface area contributed by atoms with E-state index >= 15 is 0 Å². The van der Waals surface area contributed by atoms with Crippen molar-refractivity contribution in [2.75, 3.05) is 0 Å². The van der Waals surface area contributed by atoms with E-state index in [1.165, 1.54) is 12.1 Å². The summed E-state index contributed by atoms with van der Waals surface area (Å²) in [4.78, 5) is 0.592. The Bertz CT molecular complexity index is 762. The Hall–Kier alpha value is -1.94. The van der Waals surface area contributed by atoms with Gasteiger partial charge in [0.05, 0.1) is 9.80 Å². The molecular weight excluding hydrogens is 263 g/mol. The van der Waals surface area contributed by atoms with Crippen molar-refractivity contribution in [3.05, 3.63) is 70.4 Å². The van der Waals surface area contributed by atoms with Crippen molar-refractivity contribution in [2.24, 2.45) is 0 Å². The molecule has 0 atom stereocenters. The summed E-state index contributed by atoms with van der Waals surface area (Å²) >= 11 is 0. The zero-order valence-electron chi connectivity index (χ0n) is 10.0. The van der Waals surface area contributed by atoms with E-state index in [2.05, 4.69) is 0 Å². The summed E-state index contributed by atoms with van der Waals surface area (Å²) in [6, 6.07) is 12.6. The zero-order valence-corrected chi connectivity index (χ0v) is 10.8. The van der Waals surface area contributed by atoms with Crippen LogP contribution in [0.2, 0.25) is 0 Å². The topological polar surface area (TPSA) is 34.1 Å². The van der Waals surface area contributed by atoms with Crippen molar-refractivity contribution in [2.45, 2.75) is 11.3 Å². The predicted molar refractivity (Wildman–Crippen MR) is 71.7 cm³/mol. The van der Waals surface area contributed by atoms with Crippen molar-refractivity contribution >= 4 is 15.9 Å². The van der Waals surface area contributed by atoms with Crippen LogP contribution in [0.15, 0.2) is 58.3 Å². The van der Waals surface area contributed by atoms with Crippen molar-refractivity contribution in [3.8, 4) is 0 Å². The SMILES string of the molecule is O=S(=O)(C1=Cc2cc(F)ccc2C1)c1ccccc1. The molecule has 0 aromatic heterocycles. The van der Waals surface area contributed by atoms with Crippen LogP contribution in [0.25, 0.3) is 6.08 Å². The summed E-state index contributed by atoms with van der Waals surface area (Å²) in [5.74, 6) is -0.353. The van der Waals surface area contributed by atoms with E-state index < -0.39 is 9.84 Å². The third kappa shape index (κ3) is 2.08. The Morgan fingerprint density at radius 3 is 2.47 bits per heavy atom. The fourth-order valence-corrected chi connectivity index (χ4v) is 3.64. The van der Waals surface area contributed by atoms with E-state index in [1.807, 2.05) is 0 Å². The molecule has 1 aliphatic rings. The van der Waals surface area contributed by atoms with E-state index in [1.54, 1.807) is 42.5 Å². The minimum atomic E-state index is -3.48. The molecule has 0 heterocycles. The molecule has 0 fully saturated rings. The number of halogens is 1. The molecule has 96 valence electrons. The van der Waals surface area contributed by atoms with Crippen LogP contribution in [0, 0.1) is 5.82 Å². The Labute approximate surface area is 111 Å².